The summed E-state index contributed by atoms with van der Waals surface area (Å²) in [7, 11) is 0. The monoisotopic (exact) mass is 346 g/mol. The summed E-state index contributed by atoms with van der Waals surface area (Å²) in [6, 6.07) is 4.25. The molecular weight excluding hydrogens is 338 g/mol. The van der Waals surface area contributed by atoms with Crippen LogP contribution in [-0.4, -0.2) is 20.9 Å². The topological polar surface area (TPSA) is 55.1 Å². The molecule has 1 N–H and O–H groups in total. The van der Waals surface area contributed by atoms with Crippen LogP contribution in [0.3, 0.4) is 0 Å². The van der Waals surface area contributed by atoms with E-state index in [4.69, 9.17) is 5.11 Å². The molecular formula is C11H8FIN2O2. The van der Waals surface area contributed by atoms with Crippen molar-refractivity contribution in [3.8, 4) is 5.69 Å². The number of carbonyl (C=O) groups is 1. The van der Waals surface area contributed by atoms with E-state index < -0.39 is 5.97 Å². The molecule has 0 saturated heterocycles. The lowest BCUT2D eigenvalue weighted by atomic mass is 10.3. The van der Waals surface area contributed by atoms with Crippen molar-refractivity contribution >= 4 is 28.6 Å². The van der Waals surface area contributed by atoms with Crippen molar-refractivity contribution in [2.24, 2.45) is 0 Å². The van der Waals surface area contributed by atoms with E-state index in [1.54, 1.807) is 19.2 Å². The summed E-state index contributed by atoms with van der Waals surface area (Å²) in [6.45, 7) is 1.67. The average molecular weight is 346 g/mol. The Kier molecular flexibility index (Phi) is 3.14. The molecule has 1 heterocycles. The van der Waals surface area contributed by atoms with E-state index >= 15 is 0 Å². The molecule has 0 radical (unpaired) electrons. The molecule has 88 valence electrons. The molecule has 0 atom stereocenters. The molecule has 0 aliphatic heterocycles. The molecule has 0 saturated carbocycles. The molecule has 2 aromatic rings. The first-order valence-electron chi connectivity index (χ1n) is 4.74. The van der Waals surface area contributed by atoms with Crippen molar-refractivity contribution in [2.45, 2.75) is 6.92 Å². The first-order valence-corrected chi connectivity index (χ1v) is 5.82. The molecule has 0 bridgehead atoms. The maximum atomic E-state index is 12.9. The van der Waals surface area contributed by atoms with Gasteiger partial charge in [0.1, 0.15) is 5.82 Å². The average Bonchev–Trinajstić information content (AvgIpc) is 2.60. The lowest BCUT2D eigenvalue weighted by molar-refractivity contribution is 0.0689. The minimum absolute atomic E-state index is 0.00475. The minimum Gasteiger partial charge on any atom is -0.476 e. The van der Waals surface area contributed by atoms with Crippen LogP contribution < -0.4 is 0 Å². The van der Waals surface area contributed by atoms with Crippen molar-refractivity contribution in [1.82, 2.24) is 9.78 Å². The summed E-state index contributed by atoms with van der Waals surface area (Å²) < 4.78 is 15.1. The van der Waals surface area contributed by atoms with Crippen molar-refractivity contribution in [1.29, 1.82) is 0 Å². The predicted octanol–water partition coefficient (Wildman–Crippen LogP) is 2.62. The number of carboxylic acid groups (broad SMARTS) is 1. The molecule has 6 heteroatoms. The second-order valence-corrected chi connectivity index (χ2v) is 4.67. The second kappa shape index (κ2) is 4.44. The SMILES string of the molecule is Cc1cn(-c2ccc(F)cc2I)nc1C(=O)O. The van der Waals surface area contributed by atoms with Crippen LogP contribution >= 0.6 is 22.6 Å². The third-order valence-electron chi connectivity index (χ3n) is 2.26. The standard InChI is InChI=1S/C11H8FIN2O2/c1-6-5-15(14-10(6)11(16)17)9-3-2-7(12)4-8(9)13/h2-5H,1H3,(H,16,17). The normalized spacial score (nSPS) is 10.5. The van der Waals surface area contributed by atoms with Gasteiger partial charge in [-0.1, -0.05) is 0 Å². The predicted molar refractivity (Wildman–Crippen MR) is 67.9 cm³/mol. The van der Waals surface area contributed by atoms with Gasteiger partial charge in [0.05, 0.1) is 5.69 Å². The lowest BCUT2D eigenvalue weighted by Gasteiger charge is -2.03. The van der Waals surface area contributed by atoms with E-state index in [2.05, 4.69) is 5.10 Å². The Bertz CT molecular complexity index is 595. The first kappa shape index (κ1) is 12.0. The Labute approximate surface area is 110 Å². The Morgan fingerprint density at radius 2 is 2.24 bits per heavy atom. The number of benzene rings is 1. The molecule has 17 heavy (non-hydrogen) atoms. The zero-order valence-corrected chi connectivity index (χ0v) is 11.0. The number of rotatable bonds is 2. The zero-order valence-electron chi connectivity index (χ0n) is 8.82. The quantitative estimate of drug-likeness (QED) is 0.851. The molecule has 0 aliphatic rings. The molecule has 0 fully saturated rings. The summed E-state index contributed by atoms with van der Waals surface area (Å²) in [5, 5.41) is 12.9. The molecule has 0 spiro atoms. The van der Waals surface area contributed by atoms with E-state index in [-0.39, 0.29) is 11.5 Å². The van der Waals surface area contributed by atoms with Gasteiger partial charge in [-0.3, -0.25) is 0 Å². The summed E-state index contributed by atoms with van der Waals surface area (Å²) in [5.74, 6) is -1.40. The zero-order chi connectivity index (χ0) is 12.6. The molecule has 0 amide bonds. The number of carboxylic acids is 1. The van der Waals surface area contributed by atoms with Crippen LogP contribution in [0.15, 0.2) is 24.4 Å². The van der Waals surface area contributed by atoms with Crippen LogP contribution in [0.5, 0.6) is 0 Å². The maximum absolute atomic E-state index is 12.9. The van der Waals surface area contributed by atoms with E-state index in [1.807, 2.05) is 22.6 Å². The fraction of sp³-hybridized carbons (Fsp3) is 0.0909. The van der Waals surface area contributed by atoms with Gasteiger partial charge in [-0.2, -0.15) is 5.10 Å². The number of nitrogens with zero attached hydrogens (tertiary/aromatic N) is 2. The molecule has 0 unspecified atom stereocenters. The summed E-state index contributed by atoms with van der Waals surface area (Å²) >= 11 is 1.98. The van der Waals surface area contributed by atoms with Crippen LogP contribution in [0, 0.1) is 16.3 Å². The van der Waals surface area contributed by atoms with E-state index in [0.29, 0.717) is 14.8 Å². The van der Waals surface area contributed by atoms with Crippen molar-refractivity contribution in [2.75, 3.05) is 0 Å². The lowest BCUT2D eigenvalue weighted by Crippen LogP contribution is -2.03. The number of aryl methyl sites for hydroxylation is 1. The minimum atomic E-state index is -1.07. The van der Waals surface area contributed by atoms with Crippen LogP contribution in [0.4, 0.5) is 4.39 Å². The van der Waals surface area contributed by atoms with Gasteiger partial charge in [-0.25, -0.2) is 13.9 Å². The van der Waals surface area contributed by atoms with Gasteiger partial charge < -0.3 is 5.11 Å². The van der Waals surface area contributed by atoms with E-state index in [9.17, 15) is 9.18 Å². The van der Waals surface area contributed by atoms with Crippen LogP contribution in [0.2, 0.25) is 0 Å². The Morgan fingerprint density at radius 3 is 2.76 bits per heavy atom. The number of hydrogen-bond acceptors (Lipinski definition) is 2. The third-order valence-corrected chi connectivity index (χ3v) is 3.12. The van der Waals surface area contributed by atoms with Gasteiger partial charge in [-0.15, -0.1) is 0 Å². The van der Waals surface area contributed by atoms with Gasteiger partial charge >= 0.3 is 5.97 Å². The van der Waals surface area contributed by atoms with Crippen LogP contribution in [0.1, 0.15) is 16.1 Å². The number of halogens is 2. The summed E-state index contributed by atoms with van der Waals surface area (Å²) in [4.78, 5) is 10.9. The highest BCUT2D eigenvalue weighted by Gasteiger charge is 2.14. The molecule has 0 aliphatic carbocycles. The number of aromatic carboxylic acids is 1. The third kappa shape index (κ3) is 2.31. The van der Waals surface area contributed by atoms with E-state index in [0.717, 1.165) is 0 Å². The van der Waals surface area contributed by atoms with E-state index in [1.165, 1.54) is 16.8 Å². The highest BCUT2D eigenvalue weighted by Crippen LogP contribution is 2.19. The maximum Gasteiger partial charge on any atom is 0.356 e. The van der Waals surface area contributed by atoms with Crippen molar-refractivity contribution < 1.29 is 14.3 Å². The van der Waals surface area contributed by atoms with Crippen molar-refractivity contribution in [3.63, 3.8) is 0 Å². The van der Waals surface area contributed by atoms with Gasteiger partial charge in [0.25, 0.3) is 0 Å². The largest absolute Gasteiger partial charge is 0.476 e. The molecule has 4 nitrogen and oxygen atoms in total. The Balaban J connectivity index is 2.53. The van der Waals surface area contributed by atoms with Crippen molar-refractivity contribution in [3.05, 3.63) is 45.0 Å². The fourth-order valence-electron chi connectivity index (χ4n) is 1.46. The van der Waals surface area contributed by atoms with Gasteiger partial charge in [0.15, 0.2) is 5.69 Å². The van der Waals surface area contributed by atoms with Gasteiger partial charge in [0.2, 0.25) is 0 Å². The summed E-state index contributed by atoms with van der Waals surface area (Å²) in [5.41, 5.74) is 1.23. The molecule has 2 rings (SSSR count). The number of hydrogen-bond donors (Lipinski definition) is 1. The summed E-state index contributed by atoms with van der Waals surface area (Å²) in [6.07, 6.45) is 1.61. The van der Waals surface area contributed by atoms with Crippen LogP contribution in [-0.2, 0) is 0 Å². The second-order valence-electron chi connectivity index (χ2n) is 3.51. The Hall–Kier alpha value is -1.44. The first-order chi connectivity index (χ1) is 7.99. The smallest absolute Gasteiger partial charge is 0.356 e. The molecule has 1 aromatic carbocycles. The highest BCUT2D eigenvalue weighted by atomic mass is 127. The fourth-order valence-corrected chi connectivity index (χ4v) is 2.19. The van der Waals surface area contributed by atoms with Gasteiger partial charge in [0, 0.05) is 15.3 Å². The highest BCUT2D eigenvalue weighted by molar-refractivity contribution is 14.1. The molecule has 1 aromatic heterocycles. The Morgan fingerprint density at radius 1 is 1.53 bits per heavy atom. The van der Waals surface area contributed by atoms with Gasteiger partial charge in [-0.05, 0) is 47.7 Å². The number of aromatic nitrogens is 2. The van der Waals surface area contributed by atoms with Crippen LogP contribution in [0.25, 0.3) is 5.69 Å².